The van der Waals surface area contributed by atoms with Crippen LogP contribution in [-0.4, -0.2) is 34.6 Å². The van der Waals surface area contributed by atoms with E-state index in [4.69, 9.17) is 0 Å². The number of urea groups is 1. The van der Waals surface area contributed by atoms with Gasteiger partial charge in [0, 0.05) is 23.3 Å². The number of nitrogens with one attached hydrogen (secondary N) is 5. The number of halogens is 1. The highest BCUT2D eigenvalue weighted by Crippen LogP contribution is 2.31. The van der Waals surface area contributed by atoms with E-state index in [1.54, 1.807) is 31.3 Å². The smallest absolute Gasteiger partial charge is 0.319 e. The summed E-state index contributed by atoms with van der Waals surface area (Å²) in [7, 11) is 0. The number of benzene rings is 2. The molecule has 40 heavy (non-hydrogen) atoms. The number of allylic oxidation sites excluding steroid dienone is 1. The molecule has 3 aromatic rings. The zero-order valence-corrected chi connectivity index (χ0v) is 22.8. The van der Waals surface area contributed by atoms with Gasteiger partial charge in [0.05, 0.1) is 28.9 Å². The lowest BCUT2D eigenvalue weighted by Crippen LogP contribution is -2.46. The number of amides is 4. The van der Waals surface area contributed by atoms with Gasteiger partial charge in [-0.2, -0.15) is 5.10 Å². The van der Waals surface area contributed by atoms with Crippen molar-refractivity contribution >= 4 is 34.4 Å². The van der Waals surface area contributed by atoms with Crippen LogP contribution in [0.25, 0.3) is 10.9 Å². The van der Waals surface area contributed by atoms with Gasteiger partial charge in [0.1, 0.15) is 5.82 Å². The molecule has 1 aromatic heterocycles. The van der Waals surface area contributed by atoms with Gasteiger partial charge >= 0.3 is 6.03 Å². The third-order valence-corrected chi connectivity index (χ3v) is 8.07. The van der Waals surface area contributed by atoms with Crippen molar-refractivity contribution in [1.82, 2.24) is 26.1 Å². The van der Waals surface area contributed by atoms with Crippen LogP contribution in [-0.2, 0) is 4.79 Å². The van der Waals surface area contributed by atoms with E-state index in [0.29, 0.717) is 35.3 Å². The molecule has 9 nitrogen and oxygen atoms in total. The van der Waals surface area contributed by atoms with Gasteiger partial charge in [0.15, 0.2) is 0 Å². The third kappa shape index (κ3) is 6.00. The van der Waals surface area contributed by atoms with Crippen LogP contribution in [0.1, 0.15) is 74.3 Å². The Labute approximate surface area is 232 Å². The molecule has 1 aliphatic carbocycles. The van der Waals surface area contributed by atoms with Crippen LogP contribution in [0.2, 0.25) is 0 Å². The fraction of sp³-hybridized carbons (Fsp3) is 0.400. The van der Waals surface area contributed by atoms with E-state index in [0.717, 1.165) is 23.7 Å². The molecule has 2 heterocycles. The highest BCUT2D eigenvalue weighted by atomic mass is 19.1. The van der Waals surface area contributed by atoms with E-state index in [1.807, 2.05) is 0 Å². The second-order valence-electron chi connectivity index (χ2n) is 10.9. The molecule has 10 heteroatoms. The summed E-state index contributed by atoms with van der Waals surface area (Å²) in [6.45, 7) is 4.23. The van der Waals surface area contributed by atoms with Crippen molar-refractivity contribution in [2.24, 2.45) is 11.8 Å². The molecule has 0 spiro atoms. The van der Waals surface area contributed by atoms with Gasteiger partial charge in [-0.1, -0.05) is 51.5 Å². The Balaban J connectivity index is 1.34. The van der Waals surface area contributed by atoms with Crippen molar-refractivity contribution < 1.29 is 18.8 Å². The van der Waals surface area contributed by atoms with Crippen LogP contribution in [0.15, 0.2) is 53.9 Å². The predicted molar refractivity (Wildman–Crippen MR) is 151 cm³/mol. The van der Waals surface area contributed by atoms with Gasteiger partial charge in [0.2, 0.25) is 0 Å². The molecule has 4 amide bonds. The number of carbonyl (C=O) groups is 3. The quantitative estimate of drug-likeness (QED) is 0.258. The first kappa shape index (κ1) is 27.4. The van der Waals surface area contributed by atoms with Crippen LogP contribution in [0.3, 0.4) is 0 Å². The Kier molecular flexibility index (Phi) is 8.14. The second-order valence-corrected chi connectivity index (χ2v) is 10.9. The molecule has 0 bridgehead atoms. The highest BCUT2D eigenvalue weighted by molar-refractivity contribution is 6.07. The van der Waals surface area contributed by atoms with E-state index in [-0.39, 0.29) is 11.1 Å². The molecule has 210 valence electrons. The maximum Gasteiger partial charge on any atom is 0.319 e. The summed E-state index contributed by atoms with van der Waals surface area (Å²) in [6.07, 6.45) is 8.90. The lowest BCUT2D eigenvalue weighted by molar-refractivity contribution is -0.113. The zero-order chi connectivity index (χ0) is 28.2. The third-order valence-electron chi connectivity index (χ3n) is 8.07. The molecule has 0 radical (unpaired) electrons. The first-order chi connectivity index (χ1) is 19.3. The molecule has 1 saturated carbocycles. The van der Waals surface area contributed by atoms with Crippen molar-refractivity contribution in [3.63, 3.8) is 0 Å². The Hall–Kier alpha value is -4.21. The average molecular weight is 547 g/mol. The summed E-state index contributed by atoms with van der Waals surface area (Å²) in [5.41, 5.74) is 2.31. The largest absolute Gasteiger partial charge is 0.352 e. The van der Waals surface area contributed by atoms with Crippen molar-refractivity contribution in [2.75, 3.05) is 11.9 Å². The molecule has 1 fully saturated rings. The first-order valence-electron chi connectivity index (χ1n) is 13.9. The summed E-state index contributed by atoms with van der Waals surface area (Å²) in [6, 6.07) is 8.05. The molecule has 5 N–H and O–H groups in total. The molecular formula is C30H35FN6O3. The van der Waals surface area contributed by atoms with E-state index in [1.165, 1.54) is 43.9 Å². The van der Waals surface area contributed by atoms with Gasteiger partial charge in [-0.15, -0.1) is 0 Å². The number of nitrogens with zero attached hydrogens (tertiary/aromatic N) is 1. The molecule has 1 aliphatic heterocycles. The minimum absolute atomic E-state index is 0.124. The lowest BCUT2D eigenvalue weighted by Gasteiger charge is -2.29. The highest BCUT2D eigenvalue weighted by Gasteiger charge is 2.32. The maximum atomic E-state index is 14.9. The summed E-state index contributed by atoms with van der Waals surface area (Å²) < 4.78 is 14.9. The molecule has 0 saturated heterocycles. The molecular weight excluding hydrogens is 511 g/mol. The van der Waals surface area contributed by atoms with E-state index in [2.05, 4.69) is 38.4 Å². The molecule has 2 unspecified atom stereocenters. The van der Waals surface area contributed by atoms with Crippen molar-refractivity contribution in [3.8, 4) is 0 Å². The van der Waals surface area contributed by atoms with Crippen LogP contribution in [0.4, 0.5) is 14.9 Å². The van der Waals surface area contributed by atoms with Crippen molar-refractivity contribution in [3.05, 3.63) is 70.8 Å². The minimum Gasteiger partial charge on any atom is -0.352 e. The lowest BCUT2D eigenvalue weighted by atomic mass is 9.87. The summed E-state index contributed by atoms with van der Waals surface area (Å²) in [5, 5.41) is 18.9. The number of rotatable bonds is 7. The number of H-pyrrole nitrogens is 1. The first-order valence-corrected chi connectivity index (χ1v) is 13.9. The standard InChI is InChI=1S/C30H35FN6O3/c1-17(19-7-5-3-4-6-8-19)15-32-28(38)23-14-20(9-11-24(23)31)27-26(18(2)34-30(40)36-27)29(39)35-22-10-12-25-21(13-22)16-33-37-25/h9-14,16-17,19,27H,3-8,15H2,1-2H3,(H,32,38)(H,33,37)(H,35,39)(H2,34,36,40). The molecule has 5 rings (SSSR count). The van der Waals surface area contributed by atoms with Crippen LogP contribution >= 0.6 is 0 Å². The Bertz CT molecular complexity index is 1460. The number of fused-ring (bicyclic) bond motifs is 1. The van der Waals surface area contributed by atoms with Gasteiger partial charge in [0.25, 0.3) is 11.8 Å². The number of hydrogen-bond donors (Lipinski definition) is 5. The van der Waals surface area contributed by atoms with E-state index in [9.17, 15) is 18.8 Å². The van der Waals surface area contributed by atoms with Crippen LogP contribution in [0.5, 0.6) is 0 Å². The molecule has 2 atom stereocenters. The number of hydrogen-bond acceptors (Lipinski definition) is 4. The summed E-state index contributed by atoms with van der Waals surface area (Å²) in [5.74, 6) is -0.777. The van der Waals surface area contributed by atoms with E-state index >= 15 is 0 Å². The van der Waals surface area contributed by atoms with Gasteiger partial charge in [-0.05, 0) is 54.7 Å². The van der Waals surface area contributed by atoms with Gasteiger partial charge in [-0.25, -0.2) is 9.18 Å². The summed E-state index contributed by atoms with van der Waals surface area (Å²) in [4.78, 5) is 38.9. The fourth-order valence-corrected chi connectivity index (χ4v) is 5.76. The van der Waals surface area contributed by atoms with E-state index < -0.39 is 29.7 Å². The average Bonchev–Trinajstić information content (AvgIpc) is 3.22. The number of anilines is 1. The normalized spacial score (nSPS) is 19.0. The van der Waals surface area contributed by atoms with Crippen LogP contribution < -0.4 is 21.3 Å². The Morgan fingerprint density at radius 2 is 1.85 bits per heavy atom. The number of aromatic nitrogens is 2. The minimum atomic E-state index is -0.886. The molecule has 2 aromatic carbocycles. The van der Waals surface area contributed by atoms with Crippen LogP contribution in [0, 0.1) is 17.7 Å². The predicted octanol–water partition coefficient (Wildman–Crippen LogP) is 5.30. The Morgan fingerprint density at radius 3 is 2.62 bits per heavy atom. The van der Waals surface area contributed by atoms with Gasteiger partial charge in [-0.3, -0.25) is 14.7 Å². The van der Waals surface area contributed by atoms with Crippen molar-refractivity contribution in [2.45, 2.75) is 58.4 Å². The molecule has 2 aliphatic rings. The SMILES string of the molecule is CC1=C(C(=O)Nc2ccc3[nH]ncc3c2)C(c2ccc(F)c(C(=O)NCC(C)C3CCCCCC3)c2)NC(=O)N1. The maximum absolute atomic E-state index is 14.9. The van der Waals surface area contributed by atoms with Crippen molar-refractivity contribution in [1.29, 1.82) is 0 Å². The monoisotopic (exact) mass is 546 g/mol. The Morgan fingerprint density at radius 1 is 1.07 bits per heavy atom. The zero-order valence-electron chi connectivity index (χ0n) is 22.8. The van der Waals surface area contributed by atoms with Gasteiger partial charge < -0.3 is 21.3 Å². The summed E-state index contributed by atoms with van der Waals surface area (Å²) >= 11 is 0. The number of carbonyl (C=O) groups excluding carboxylic acids is 3. The second kappa shape index (κ2) is 11.9. The fourth-order valence-electron chi connectivity index (χ4n) is 5.76. The number of aromatic amines is 1. The topological polar surface area (TPSA) is 128 Å².